The summed E-state index contributed by atoms with van der Waals surface area (Å²) in [6.07, 6.45) is 0. The molecule has 4 N–H and O–H groups in total. The molecule has 0 unspecified atom stereocenters. The standard InChI is InChI=1S/C15H16BrN3O/c16-14-7-3-12(4-8-14)10-18-9-11-1-5-13(6-2-11)15(17)19-20/h1-8,18,20H,9-10H2,(H2,17,19). The van der Waals surface area contributed by atoms with E-state index in [0.717, 1.165) is 23.1 Å². The number of hydrogen-bond acceptors (Lipinski definition) is 3. The Bertz CT molecular complexity index is 579. The second-order valence-corrected chi connectivity index (χ2v) is 5.33. The zero-order valence-electron chi connectivity index (χ0n) is 10.9. The maximum Gasteiger partial charge on any atom is 0.170 e. The summed E-state index contributed by atoms with van der Waals surface area (Å²) in [5.74, 6) is 0.124. The predicted molar refractivity (Wildman–Crippen MR) is 83.6 cm³/mol. The van der Waals surface area contributed by atoms with Crippen LogP contribution < -0.4 is 11.1 Å². The van der Waals surface area contributed by atoms with Gasteiger partial charge in [-0.2, -0.15) is 0 Å². The number of benzene rings is 2. The highest BCUT2D eigenvalue weighted by Crippen LogP contribution is 2.10. The molecule has 0 heterocycles. The van der Waals surface area contributed by atoms with Crippen molar-refractivity contribution >= 4 is 21.8 Å². The van der Waals surface area contributed by atoms with E-state index in [2.05, 4.69) is 38.5 Å². The summed E-state index contributed by atoms with van der Waals surface area (Å²) in [7, 11) is 0. The van der Waals surface area contributed by atoms with Gasteiger partial charge in [-0.05, 0) is 23.3 Å². The first kappa shape index (κ1) is 14.6. The van der Waals surface area contributed by atoms with E-state index in [1.54, 1.807) is 0 Å². The second kappa shape index (κ2) is 7.07. The van der Waals surface area contributed by atoms with Gasteiger partial charge in [-0.1, -0.05) is 57.5 Å². The van der Waals surface area contributed by atoms with Crippen LogP contribution in [-0.4, -0.2) is 11.0 Å². The molecular formula is C15H16BrN3O. The van der Waals surface area contributed by atoms with Gasteiger partial charge in [-0.15, -0.1) is 0 Å². The fourth-order valence-corrected chi connectivity index (χ4v) is 2.07. The second-order valence-electron chi connectivity index (χ2n) is 4.41. The average molecular weight is 334 g/mol. The number of nitrogens with zero attached hydrogens (tertiary/aromatic N) is 1. The fourth-order valence-electron chi connectivity index (χ4n) is 1.80. The molecule has 104 valence electrons. The summed E-state index contributed by atoms with van der Waals surface area (Å²) in [6.45, 7) is 1.59. The molecule has 0 aliphatic heterocycles. The molecule has 2 aromatic carbocycles. The van der Waals surface area contributed by atoms with Gasteiger partial charge in [0.2, 0.25) is 0 Å². The van der Waals surface area contributed by atoms with Gasteiger partial charge in [0.15, 0.2) is 5.84 Å². The largest absolute Gasteiger partial charge is 0.409 e. The Labute approximate surface area is 126 Å². The fraction of sp³-hybridized carbons (Fsp3) is 0.133. The molecule has 2 rings (SSSR count). The van der Waals surface area contributed by atoms with Crippen LogP contribution in [0.5, 0.6) is 0 Å². The number of nitrogens with one attached hydrogen (secondary N) is 1. The molecular weight excluding hydrogens is 318 g/mol. The predicted octanol–water partition coefficient (Wildman–Crippen LogP) is 2.83. The lowest BCUT2D eigenvalue weighted by molar-refractivity contribution is 0.318. The molecule has 0 atom stereocenters. The van der Waals surface area contributed by atoms with E-state index in [1.165, 1.54) is 5.56 Å². The first-order valence-electron chi connectivity index (χ1n) is 6.21. The van der Waals surface area contributed by atoms with E-state index in [-0.39, 0.29) is 5.84 Å². The number of hydrogen-bond donors (Lipinski definition) is 3. The summed E-state index contributed by atoms with van der Waals surface area (Å²) in [6, 6.07) is 15.8. The minimum absolute atomic E-state index is 0.124. The smallest absolute Gasteiger partial charge is 0.170 e. The molecule has 0 bridgehead atoms. The number of amidine groups is 1. The summed E-state index contributed by atoms with van der Waals surface area (Å²) in [5, 5.41) is 14.9. The number of halogens is 1. The first-order valence-corrected chi connectivity index (χ1v) is 7.00. The Kier molecular flexibility index (Phi) is 5.15. The summed E-state index contributed by atoms with van der Waals surface area (Å²) < 4.78 is 1.08. The highest BCUT2D eigenvalue weighted by Gasteiger charge is 1.99. The minimum Gasteiger partial charge on any atom is -0.409 e. The van der Waals surface area contributed by atoms with Gasteiger partial charge in [0.05, 0.1) is 0 Å². The lowest BCUT2D eigenvalue weighted by Gasteiger charge is -2.06. The van der Waals surface area contributed by atoms with E-state index in [1.807, 2.05) is 36.4 Å². The highest BCUT2D eigenvalue weighted by atomic mass is 79.9. The molecule has 0 fully saturated rings. The van der Waals surface area contributed by atoms with Gasteiger partial charge in [0.1, 0.15) is 0 Å². The lowest BCUT2D eigenvalue weighted by atomic mass is 10.1. The van der Waals surface area contributed by atoms with Crippen LogP contribution in [0.15, 0.2) is 58.2 Å². The molecule has 20 heavy (non-hydrogen) atoms. The van der Waals surface area contributed by atoms with Crippen LogP contribution in [0.25, 0.3) is 0 Å². The van der Waals surface area contributed by atoms with Crippen molar-refractivity contribution in [2.45, 2.75) is 13.1 Å². The molecule has 0 amide bonds. The number of nitrogens with two attached hydrogens (primary N) is 1. The van der Waals surface area contributed by atoms with E-state index < -0.39 is 0 Å². The monoisotopic (exact) mass is 333 g/mol. The molecule has 0 aliphatic carbocycles. The summed E-state index contributed by atoms with van der Waals surface area (Å²) in [5.41, 5.74) is 8.61. The van der Waals surface area contributed by atoms with E-state index in [4.69, 9.17) is 10.9 Å². The van der Waals surface area contributed by atoms with Crippen molar-refractivity contribution in [1.29, 1.82) is 0 Å². The molecule has 0 saturated carbocycles. The van der Waals surface area contributed by atoms with Crippen molar-refractivity contribution in [3.63, 3.8) is 0 Å². The zero-order valence-corrected chi connectivity index (χ0v) is 12.5. The normalized spacial score (nSPS) is 11.6. The number of oxime groups is 1. The van der Waals surface area contributed by atoms with Crippen LogP contribution in [-0.2, 0) is 13.1 Å². The average Bonchev–Trinajstić information content (AvgIpc) is 2.49. The maximum atomic E-state index is 8.59. The molecule has 2 aromatic rings. The zero-order chi connectivity index (χ0) is 14.4. The Morgan fingerprint density at radius 2 is 1.50 bits per heavy atom. The van der Waals surface area contributed by atoms with Crippen molar-refractivity contribution in [2.24, 2.45) is 10.9 Å². The van der Waals surface area contributed by atoms with Crippen molar-refractivity contribution in [3.05, 3.63) is 69.7 Å². The van der Waals surface area contributed by atoms with E-state index in [9.17, 15) is 0 Å². The van der Waals surface area contributed by atoms with Gasteiger partial charge < -0.3 is 16.3 Å². The lowest BCUT2D eigenvalue weighted by Crippen LogP contribution is -2.14. The first-order chi connectivity index (χ1) is 9.69. The Morgan fingerprint density at radius 3 is 2.00 bits per heavy atom. The Balaban J connectivity index is 1.86. The van der Waals surface area contributed by atoms with Crippen molar-refractivity contribution in [3.8, 4) is 0 Å². The van der Waals surface area contributed by atoms with Crippen LogP contribution in [0.1, 0.15) is 16.7 Å². The molecule has 5 heteroatoms. The van der Waals surface area contributed by atoms with Gasteiger partial charge in [-0.25, -0.2) is 0 Å². The van der Waals surface area contributed by atoms with Gasteiger partial charge in [0.25, 0.3) is 0 Å². The third-order valence-electron chi connectivity index (χ3n) is 2.93. The van der Waals surface area contributed by atoms with Crippen LogP contribution in [0, 0.1) is 0 Å². The van der Waals surface area contributed by atoms with Crippen LogP contribution in [0.2, 0.25) is 0 Å². The molecule has 0 aliphatic rings. The molecule has 4 nitrogen and oxygen atoms in total. The quantitative estimate of drug-likeness (QED) is 0.341. The van der Waals surface area contributed by atoms with Crippen LogP contribution in [0.3, 0.4) is 0 Å². The topological polar surface area (TPSA) is 70.6 Å². The van der Waals surface area contributed by atoms with Gasteiger partial charge >= 0.3 is 0 Å². The number of rotatable bonds is 5. The van der Waals surface area contributed by atoms with Crippen LogP contribution >= 0.6 is 15.9 Å². The molecule has 0 radical (unpaired) electrons. The van der Waals surface area contributed by atoms with Crippen molar-refractivity contribution in [2.75, 3.05) is 0 Å². The van der Waals surface area contributed by atoms with Gasteiger partial charge in [-0.3, -0.25) is 0 Å². The van der Waals surface area contributed by atoms with E-state index in [0.29, 0.717) is 5.56 Å². The SMILES string of the molecule is NC(=NO)c1ccc(CNCc2ccc(Br)cc2)cc1. The van der Waals surface area contributed by atoms with E-state index >= 15 is 0 Å². The Hall–Kier alpha value is -1.85. The van der Waals surface area contributed by atoms with Gasteiger partial charge in [0, 0.05) is 23.1 Å². The molecule has 0 spiro atoms. The van der Waals surface area contributed by atoms with Crippen molar-refractivity contribution in [1.82, 2.24) is 5.32 Å². The minimum atomic E-state index is 0.124. The third-order valence-corrected chi connectivity index (χ3v) is 3.46. The molecule has 0 aromatic heterocycles. The Morgan fingerprint density at radius 1 is 1.00 bits per heavy atom. The van der Waals surface area contributed by atoms with Crippen molar-refractivity contribution < 1.29 is 5.21 Å². The maximum absolute atomic E-state index is 8.59. The third kappa shape index (κ3) is 4.08. The highest BCUT2D eigenvalue weighted by molar-refractivity contribution is 9.10. The van der Waals surface area contributed by atoms with Crippen LogP contribution in [0.4, 0.5) is 0 Å². The summed E-state index contributed by atoms with van der Waals surface area (Å²) >= 11 is 3.42. The summed E-state index contributed by atoms with van der Waals surface area (Å²) in [4.78, 5) is 0. The molecule has 0 saturated heterocycles.